The second kappa shape index (κ2) is 5.31. The Bertz CT molecular complexity index is 518. The molecule has 0 radical (unpaired) electrons. The lowest BCUT2D eigenvalue weighted by atomic mass is 10.1. The highest BCUT2D eigenvalue weighted by atomic mass is 16.5. The zero-order valence-electron chi connectivity index (χ0n) is 10.3. The van der Waals surface area contributed by atoms with Gasteiger partial charge in [-0.25, -0.2) is 0 Å². The van der Waals surface area contributed by atoms with Crippen LogP contribution in [0.1, 0.15) is 19.3 Å². The number of nitrogens with zero attached hydrogens (tertiary/aromatic N) is 2. The van der Waals surface area contributed by atoms with Crippen LogP contribution < -0.4 is 5.32 Å². The lowest BCUT2D eigenvalue weighted by Crippen LogP contribution is -2.27. The van der Waals surface area contributed by atoms with Gasteiger partial charge >= 0.3 is 0 Å². The van der Waals surface area contributed by atoms with Crippen LogP contribution in [0.5, 0.6) is 0 Å². The van der Waals surface area contributed by atoms with Crippen LogP contribution in [-0.4, -0.2) is 29.5 Å². The Labute approximate surface area is 106 Å². The van der Waals surface area contributed by atoms with Crippen molar-refractivity contribution in [2.24, 2.45) is 0 Å². The summed E-state index contributed by atoms with van der Waals surface area (Å²) in [7, 11) is 0. The second-order valence-corrected chi connectivity index (χ2v) is 4.65. The van der Waals surface area contributed by atoms with E-state index in [1.54, 1.807) is 6.20 Å². The molecule has 1 fully saturated rings. The molecule has 1 aliphatic heterocycles. The van der Waals surface area contributed by atoms with Crippen LogP contribution in [0.4, 0.5) is 5.82 Å². The van der Waals surface area contributed by atoms with E-state index in [4.69, 9.17) is 4.74 Å². The summed E-state index contributed by atoms with van der Waals surface area (Å²) in [5.74, 6) is 0.849. The molecule has 0 amide bonds. The number of benzene rings is 1. The Hall–Kier alpha value is -1.68. The third-order valence-corrected chi connectivity index (χ3v) is 3.34. The van der Waals surface area contributed by atoms with E-state index in [0.717, 1.165) is 36.2 Å². The van der Waals surface area contributed by atoms with Crippen molar-refractivity contribution in [1.82, 2.24) is 10.2 Å². The lowest BCUT2D eigenvalue weighted by Gasteiger charge is -2.23. The van der Waals surface area contributed by atoms with Crippen LogP contribution in [-0.2, 0) is 4.74 Å². The first-order valence-corrected chi connectivity index (χ1v) is 6.49. The monoisotopic (exact) mass is 243 g/mol. The quantitative estimate of drug-likeness (QED) is 0.900. The summed E-state index contributed by atoms with van der Waals surface area (Å²) in [5.41, 5.74) is 0. The standard InChI is InChI=1S/C14H17N3O/c1-2-7-13-11(5-1)9-16-17-14(13)15-10-12-6-3-4-8-18-12/h1-2,5,7,9,12H,3-4,6,8,10H2,(H,15,17). The minimum Gasteiger partial charge on any atom is -0.376 e. The number of ether oxygens (including phenoxy) is 1. The van der Waals surface area contributed by atoms with E-state index in [1.165, 1.54) is 12.8 Å². The van der Waals surface area contributed by atoms with E-state index in [0.29, 0.717) is 6.10 Å². The fourth-order valence-electron chi connectivity index (χ4n) is 2.34. The first-order valence-electron chi connectivity index (χ1n) is 6.49. The number of hydrogen-bond acceptors (Lipinski definition) is 4. The van der Waals surface area contributed by atoms with Crippen molar-refractivity contribution in [3.63, 3.8) is 0 Å². The molecule has 2 aromatic rings. The van der Waals surface area contributed by atoms with Gasteiger partial charge in [-0.2, -0.15) is 5.10 Å². The maximum Gasteiger partial charge on any atom is 0.156 e. The van der Waals surface area contributed by atoms with E-state index in [9.17, 15) is 0 Å². The van der Waals surface area contributed by atoms with Crippen LogP contribution in [0.15, 0.2) is 30.5 Å². The molecule has 1 atom stereocenters. The van der Waals surface area contributed by atoms with Crippen molar-refractivity contribution in [1.29, 1.82) is 0 Å². The van der Waals surface area contributed by atoms with Crippen molar-refractivity contribution in [3.8, 4) is 0 Å². The molecule has 1 aromatic heterocycles. The molecule has 0 aliphatic carbocycles. The first-order chi connectivity index (χ1) is 8.93. The minimum absolute atomic E-state index is 0.305. The van der Waals surface area contributed by atoms with Crippen LogP contribution in [0.2, 0.25) is 0 Å². The van der Waals surface area contributed by atoms with Gasteiger partial charge in [-0.1, -0.05) is 24.3 Å². The summed E-state index contributed by atoms with van der Waals surface area (Å²) in [6.45, 7) is 1.69. The van der Waals surface area contributed by atoms with E-state index in [-0.39, 0.29) is 0 Å². The summed E-state index contributed by atoms with van der Waals surface area (Å²) in [5, 5.41) is 13.8. The zero-order valence-corrected chi connectivity index (χ0v) is 10.3. The summed E-state index contributed by atoms with van der Waals surface area (Å²) in [6, 6.07) is 8.14. The van der Waals surface area contributed by atoms with Gasteiger partial charge in [-0.05, 0) is 19.3 Å². The third-order valence-electron chi connectivity index (χ3n) is 3.34. The van der Waals surface area contributed by atoms with Crippen LogP contribution in [0.3, 0.4) is 0 Å². The number of fused-ring (bicyclic) bond motifs is 1. The summed E-state index contributed by atoms with van der Waals surface area (Å²) < 4.78 is 5.70. The molecule has 0 saturated carbocycles. The number of nitrogens with one attached hydrogen (secondary N) is 1. The zero-order chi connectivity index (χ0) is 12.2. The van der Waals surface area contributed by atoms with Crippen LogP contribution >= 0.6 is 0 Å². The Morgan fingerprint density at radius 3 is 3.11 bits per heavy atom. The average molecular weight is 243 g/mol. The predicted octanol–water partition coefficient (Wildman–Crippen LogP) is 2.61. The summed E-state index contributed by atoms with van der Waals surface area (Å²) >= 11 is 0. The smallest absolute Gasteiger partial charge is 0.156 e. The molecular formula is C14H17N3O. The molecule has 4 nitrogen and oxygen atoms in total. The molecule has 94 valence electrons. The van der Waals surface area contributed by atoms with Gasteiger partial charge in [0.2, 0.25) is 0 Å². The van der Waals surface area contributed by atoms with Crippen molar-refractivity contribution in [2.75, 3.05) is 18.5 Å². The van der Waals surface area contributed by atoms with Crippen molar-refractivity contribution in [2.45, 2.75) is 25.4 Å². The highest BCUT2D eigenvalue weighted by molar-refractivity contribution is 5.90. The fourth-order valence-corrected chi connectivity index (χ4v) is 2.34. The van der Waals surface area contributed by atoms with E-state index < -0.39 is 0 Å². The number of anilines is 1. The normalized spacial score (nSPS) is 19.9. The summed E-state index contributed by atoms with van der Waals surface area (Å²) in [4.78, 5) is 0. The largest absolute Gasteiger partial charge is 0.376 e. The molecule has 1 N–H and O–H groups in total. The Kier molecular flexibility index (Phi) is 3.37. The molecule has 0 spiro atoms. The van der Waals surface area contributed by atoms with Gasteiger partial charge in [0.05, 0.1) is 12.3 Å². The maximum atomic E-state index is 5.70. The number of aromatic nitrogens is 2. The van der Waals surface area contributed by atoms with E-state index in [1.807, 2.05) is 18.2 Å². The molecule has 1 unspecified atom stereocenters. The highest BCUT2D eigenvalue weighted by Gasteiger charge is 2.14. The number of hydrogen-bond donors (Lipinski definition) is 1. The molecular weight excluding hydrogens is 226 g/mol. The minimum atomic E-state index is 0.305. The number of rotatable bonds is 3. The van der Waals surface area contributed by atoms with Crippen LogP contribution in [0.25, 0.3) is 10.8 Å². The van der Waals surface area contributed by atoms with Crippen molar-refractivity contribution >= 4 is 16.6 Å². The lowest BCUT2D eigenvalue weighted by molar-refractivity contribution is 0.0247. The molecule has 18 heavy (non-hydrogen) atoms. The van der Waals surface area contributed by atoms with Crippen molar-refractivity contribution in [3.05, 3.63) is 30.5 Å². The van der Waals surface area contributed by atoms with Gasteiger partial charge in [-0.15, -0.1) is 5.10 Å². The molecule has 4 heteroatoms. The Morgan fingerprint density at radius 1 is 1.28 bits per heavy atom. The first kappa shape index (κ1) is 11.4. The predicted molar refractivity (Wildman–Crippen MR) is 71.6 cm³/mol. The molecule has 1 saturated heterocycles. The van der Waals surface area contributed by atoms with E-state index >= 15 is 0 Å². The summed E-state index contributed by atoms with van der Waals surface area (Å²) in [6.07, 6.45) is 5.67. The Morgan fingerprint density at radius 2 is 2.22 bits per heavy atom. The highest BCUT2D eigenvalue weighted by Crippen LogP contribution is 2.20. The third kappa shape index (κ3) is 2.43. The molecule has 2 heterocycles. The van der Waals surface area contributed by atoms with Gasteiger partial charge in [-0.3, -0.25) is 0 Å². The molecule has 1 aromatic carbocycles. The fraction of sp³-hybridized carbons (Fsp3) is 0.429. The van der Waals surface area contributed by atoms with Gasteiger partial charge in [0.25, 0.3) is 0 Å². The molecule has 1 aliphatic rings. The van der Waals surface area contributed by atoms with E-state index in [2.05, 4.69) is 21.6 Å². The second-order valence-electron chi connectivity index (χ2n) is 4.65. The van der Waals surface area contributed by atoms with Crippen LogP contribution in [0, 0.1) is 0 Å². The van der Waals surface area contributed by atoms with Gasteiger partial charge < -0.3 is 10.1 Å². The topological polar surface area (TPSA) is 47.0 Å². The molecule has 0 bridgehead atoms. The van der Waals surface area contributed by atoms with Gasteiger partial charge in [0, 0.05) is 23.9 Å². The SMILES string of the molecule is c1ccc2c(NCC3CCCCO3)nncc2c1. The van der Waals surface area contributed by atoms with Gasteiger partial charge in [0.1, 0.15) is 0 Å². The average Bonchev–Trinajstić information content (AvgIpc) is 2.46. The Balaban J connectivity index is 1.74. The van der Waals surface area contributed by atoms with Gasteiger partial charge in [0.15, 0.2) is 5.82 Å². The van der Waals surface area contributed by atoms with Crippen molar-refractivity contribution < 1.29 is 4.74 Å². The molecule has 3 rings (SSSR count). The maximum absolute atomic E-state index is 5.70.